The van der Waals surface area contributed by atoms with Crippen molar-refractivity contribution in [2.45, 2.75) is 19.4 Å². The lowest BCUT2D eigenvalue weighted by Crippen LogP contribution is -2.37. The first kappa shape index (κ1) is 15.3. The number of aromatic nitrogens is 3. The smallest absolute Gasteiger partial charge is 0.339 e. The van der Waals surface area contributed by atoms with Gasteiger partial charge in [0.05, 0.1) is 23.1 Å². The minimum absolute atomic E-state index is 0.356. The average Bonchev–Trinajstić information content (AvgIpc) is 2.89. The monoisotopic (exact) mass is 336 g/mol. The molecule has 1 aromatic carbocycles. The van der Waals surface area contributed by atoms with Crippen LogP contribution in [0.25, 0.3) is 11.0 Å². The highest BCUT2D eigenvalue weighted by Gasteiger charge is 2.31. The van der Waals surface area contributed by atoms with Crippen molar-refractivity contribution in [3.8, 4) is 0 Å². The largest absolute Gasteiger partial charge is 0.448 e. The second kappa shape index (κ2) is 5.70. The van der Waals surface area contributed by atoms with Crippen LogP contribution in [0.3, 0.4) is 0 Å². The molecule has 0 radical (unpaired) electrons. The Kier molecular flexibility index (Phi) is 3.49. The number of carbonyl (C=O) groups excluding carboxylic acids is 2. The Morgan fingerprint density at radius 3 is 3.00 bits per heavy atom. The third-order valence-electron chi connectivity index (χ3n) is 4.31. The number of amides is 1. The van der Waals surface area contributed by atoms with Crippen LogP contribution in [-0.2, 0) is 23.0 Å². The van der Waals surface area contributed by atoms with Crippen LogP contribution >= 0.6 is 0 Å². The van der Waals surface area contributed by atoms with E-state index in [1.807, 2.05) is 32.2 Å². The first-order valence-corrected chi connectivity index (χ1v) is 7.92. The number of esters is 1. The Morgan fingerprint density at radius 2 is 2.16 bits per heavy atom. The van der Waals surface area contributed by atoms with Crippen LogP contribution < -0.4 is 5.32 Å². The number of rotatable bonds is 2. The van der Waals surface area contributed by atoms with Crippen molar-refractivity contribution >= 4 is 28.6 Å². The molecule has 0 aliphatic carbocycles. The van der Waals surface area contributed by atoms with Gasteiger partial charge in [-0.15, -0.1) is 0 Å². The van der Waals surface area contributed by atoms with Crippen molar-refractivity contribution in [1.29, 1.82) is 0 Å². The number of nitrogens with zero attached hydrogens (tertiary/aromatic N) is 3. The number of aryl methyl sites for hydroxylation is 2. The van der Waals surface area contributed by atoms with Gasteiger partial charge in [0.15, 0.2) is 11.8 Å². The minimum Gasteiger partial charge on any atom is -0.448 e. The maximum atomic E-state index is 12.5. The van der Waals surface area contributed by atoms with Crippen molar-refractivity contribution in [2.75, 3.05) is 5.32 Å². The molecule has 0 bridgehead atoms. The summed E-state index contributed by atoms with van der Waals surface area (Å²) in [5, 5.41) is 7.95. The number of benzene rings is 1. The molecule has 7 heteroatoms. The second-order valence-corrected chi connectivity index (χ2v) is 6.05. The molecule has 4 rings (SSSR count). The Balaban J connectivity index is 1.57. The van der Waals surface area contributed by atoms with Crippen molar-refractivity contribution < 1.29 is 14.3 Å². The number of hydrogen-bond acceptors (Lipinski definition) is 5. The lowest BCUT2D eigenvalue weighted by Gasteiger charge is -2.23. The molecule has 25 heavy (non-hydrogen) atoms. The van der Waals surface area contributed by atoms with Gasteiger partial charge in [0.25, 0.3) is 5.91 Å². The minimum atomic E-state index is -0.854. The number of hydrogen-bond donors (Lipinski definition) is 1. The van der Waals surface area contributed by atoms with E-state index < -0.39 is 12.1 Å². The van der Waals surface area contributed by atoms with E-state index in [2.05, 4.69) is 15.4 Å². The summed E-state index contributed by atoms with van der Waals surface area (Å²) in [5.41, 5.74) is 3.45. The summed E-state index contributed by atoms with van der Waals surface area (Å²) in [6, 6.07) is 8.98. The summed E-state index contributed by atoms with van der Waals surface area (Å²) in [6.07, 6.45) is 1.07. The zero-order chi connectivity index (χ0) is 17.6. The molecule has 1 aliphatic rings. The highest BCUT2D eigenvalue weighted by Crippen LogP contribution is 2.23. The zero-order valence-electron chi connectivity index (χ0n) is 13.8. The lowest BCUT2D eigenvalue weighted by atomic mass is 9.98. The van der Waals surface area contributed by atoms with E-state index >= 15 is 0 Å². The summed E-state index contributed by atoms with van der Waals surface area (Å²) in [4.78, 5) is 28.9. The Labute approximate surface area is 143 Å². The fourth-order valence-electron chi connectivity index (χ4n) is 3.08. The molecule has 7 nitrogen and oxygen atoms in total. The predicted octanol–water partition coefficient (Wildman–Crippen LogP) is 2.00. The number of cyclic esters (lactones) is 1. The number of fused-ring (bicyclic) bond motifs is 2. The van der Waals surface area contributed by atoms with E-state index in [-0.39, 0.29) is 5.91 Å². The molecule has 126 valence electrons. The standard InChI is InChI=1S/C18H16N4O3/c1-10-14-8-12(9-19-16(14)22(2)21-10)20-17(23)15-7-11-5-3-4-6-13(11)18(24)25-15/h3-6,8-9,15H,7H2,1-2H3,(H,20,23)/t15-/m0/s1. The molecular weight excluding hydrogens is 320 g/mol. The number of ether oxygens (including phenoxy) is 1. The third kappa shape index (κ3) is 2.63. The molecule has 0 saturated carbocycles. The molecule has 0 spiro atoms. The van der Waals surface area contributed by atoms with Gasteiger partial charge in [-0.05, 0) is 24.6 Å². The fourth-order valence-corrected chi connectivity index (χ4v) is 3.08. The Bertz CT molecular complexity index is 1010. The molecule has 2 aromatic heterocycles. The molecule has 0 fully saturated rings. The molecule has 1 atom stereocenters. The number of anilines is 1. The van der Waals surface area contributed by atoms with Crippen molar-refractivity contribution in [1.82, 2.24) is 14.8 Å². The summed E-state index contributed by atoms with van der Waals surface area (Å²) in [7, 11) is 1.82. The SMILES string of the molecule is Cc1nn(C)c2ncc(NC(=O)[C@@H]3Cc4ccccc4C(=O)O3)cc12. The zero-order valence-corrected chi connectivity index (χ0v) is 13.8. The Hall–Kier alpha value is -3.22. The van der Waals surface area contributed by atoms with Crippen molar-refractivity contribution in [3.05, 3.63) is 53.3 Å². The second-order valence-electron chi connectivity index (χ2n) is 6.05. The van der Waals surface area contributed by atoms with Gasteiger partial charge in [-0.25, -0.2) is 9.78 Å². The number of pyridine rings is 1. The van der Waals surface area contributed by atoms with Gasteiger partial charge < -0.3 is 10.1 Å². The van der Waals surface area contributed by atoms with E-state index in [1.165, 1.54) is 0 Å². The first-order chi connectivity index (χ1) is 12.0. The number of carbonyl (C=O) groups is 2. The summed E-state index contributed by atoms with van der Waals surface area (Å²) >= 11 is 0. The molecule has 3 heterocycles. The van der Waals surface area contributed by atoms with Gasteiger partial charge in [-0.2, -0.15) is 5.10 Å². The lowest BCUT2D eigenvalue weighted by molar-refractivity contribution is -0.125. The van der Waals surface area contributed by atoms with Gasteiger partial charge >= 0.3 is 5.97 Å². The summed E-state index contributed by atoms with van der Waals surface area (Å²) < 4.78 is 6.96. The normalized spacial score (nSPS) is 16.4. The molecular formula is C18H16N4O3. The molecule has 1 aliphatic heterocycles. The molecule has 3 aromatic rings. The molecule has 0 saturated heterocycles. The fraction of sp³-hybridized carbons (Fsp3) is 0.222. The van der Waals surface area contributed by atoms with E-state index in [0.29, 0.717) is 17.7 Å². The van der Waals surface area contributed by atoms with Crippen LogP contribution in [0.2, 0.25) is 0 Å². The van der Waals surface area contributed by atoms with Crippen LogP contribution in [0.4, 0.5) is 5.69 Å². The highest BCUT2D eigenvalue weighted by molar-refractivity contribution is 6.00. The first-order valence-electron chi connectivity index (χ1n) is 7.92. The summed E-state index contributed by atoms with van der Waals surface area (Å²) in [6.45, 7) is 1.88. The predicted molar refractivity (Wildman–Crippen MR) is 91.2 cm³/mol. The van der Waals surface area contributed by atoms with Crippen LogP contribution in [0, 0.1) is 6.92 Å². The topological polar surface area (TPSA) is 86.1 Å². The maximum absolute atomic E-state index is 12.5. The molecule has 1 amide bonds. The molecule has 0 unspecified atom stereocenters. The van der Waals surface area contributed by atoms with Crippen LogP contribution in [0.1, 0.15) is 21.6 Å². The van der Waals surface area contributed by atoms with Gasteiger partial charge in [-0.1, -0.05) is 18.2 Å². The maximum Gasteiger partial charge on any atom is 0.339 e. The van der Waals surface area contributed by atoms with E-state index in [4.69, 9.17) is 4.74 Å². The van der Waals surface area contributed by atoms with Gasteiger partial charge in [0, 0.05) is 18.9 Å². The van der Waals surface area contributed by atoms with Crippen LogP contribution in [0.5, 0.6) is 0 Å². The quantitative estimate of drug-likeness (QED) is 0.723. The van der Waals surface area contributed by atoms with E-state index in [9.17, 15) is 9.59 Å². The number of nitrogens with one attached hydrogen (secondary N) is 1. The van der Waals surface area contributed by atoms with E-state index in [1.54, 1.807) is 23.0 Å². The Morgan fingerprint density at radius 1 is 1.36 bits per heavy atom. The van der Waals surface area contributed by atoms with Gasteiger partial charge in [-0.3, -0.25) is 9.48 Å². The van der Waals surface area contributed by atoms with Crippen LogP contribution in [-0.4, -0.2) is 32.7 Å². The summed E-state index contributed by atoms with van der Waals surface area (Å²) in [5.74, 6) is -0.843. The third-order valence-corrected chi connectivity index (χ3v) is 4.31. The van der Waals surface area contributed by atoms with Crippen molar-refractivity contribution in [3.63, 3.8) is 0 Å². The van der Waals surface area contributed by atoms with E-state index in [0.717, 1.165) is 22.3 Å². The average molecular weight is 336 g/mol. The van der Waals surface area contributed by atoms with Crippen molar-refractivity contribution in [2.24, 2.45) is 7.05 Å². The van der Waals surface area contributed by atoms with Crippen LogP contribution in [0.15, 0.2) is 36.5 Å². The molecule has 1 N–H and O–H groups in total. The highest BCUT2D eigenvalue weighted by atomic mass is 16.5. The van der Waals surface area contributed by atoms with Gasteiger partial charge in [0.1, 0.15) is 0 Å². The van der Waals surface area contributed by atoms with Gasteiger partial charge in [0.2, 0.25) is 0 Å².